The van der Waals surface area contributed by atoms with Crippen LogP contribution in [-0.2, 0) is 0 Å². The zero-order valence-electron chi connectivity index (χ0n) is 6.95. The summed E-state index contributed by atoms with van der Waals surface area (Å²) in [5.41, 5.74) is 6.16. The van der Waals surface area contributed by atoms with Crippen molar-refractivity contribution in [2.45, 2.75) is 0 Å². The number of rotatable bonds is 1. The number of nitrogens with two attached hydrogens (primary N) is 1. The van der Waals surface area contributed by atoms with Crippen molar-refractivity contribution < 1.29 is 9.90 Å². The second kappa shape index (κ2) is 3.25. The molecule has 14 heavy (non-hydrogen) atoms. The molecular formula is C9H6BrNO2S. The molecule has 0 saturated heterocycles. The molecule has 0 aliphatic carbocycles. The normalized spacial score (nSPS) is 10.6. The van der Waals surface area contributed by atoms with E-state index in [0.717, 1.165) is 10.1 Å². The van der Waals surface area contributed by atoms with Crippen molar-refractivity contribution in [3.63, 3.8) is 0 Å². The standard InChI is InChI=1S/C9H6BrNO2S/c10-5-3-4-1-2-14-8(4)6(7(5)11)9(12)13/h1-3H,11H2,(H,12,13). The fraction of sp³-hybridized carbons (Fsp3) is 0. The van der Waals surface area contributed by atoms with E-state index in [2.05, 4.69) is 15.9 Å². The van der Waals surface area contributed by atoms with Crippen molar-refractivity contribution in [1.82, 2.24) is 0 Å². The van der Waals surface area contributed by atoms with Crippen LogP contribution in [0, 0.1) is 0 Å². The third-order valence-corrected chi connectivity index (χ3v) is 3.55. The lowest BCUT2D eigenvalue weighted by atomic mass is 10.1. The van der Waals surface area contributed by atoms with Crippen molar-refractivity contribution in [2.24, 2.45) is 0 Å². The molecule has 2 rings (SSSR count). The van der Waals surface area contributed by atoms with Crippen LogP contribution in [-0.4, -0.2) is 11.1 Å². The SMILES string of the molecule is Nc1c(Br)cc2ccsc2c1C(=O)O. The van der Waals surface area contributed by atoms with Crippen LogP contribution >= 0.6 is 27.3 Å². The molecule has 0 fully saturated rings. The number of carbonyl (C=O) groups is 1. The minimum Gasteiger partial charge on any atom is -0.478 e. The van der Waals surface area contributed by atoms with E-state index < -0.39 is 5.97 Å². The lowest BCUT2D eigenvalue weighted by molar-refractivity contribution is 0.0700. The van der Waals surface area contributed by atoms with Gasteiger partial charge in [0.1, 0.15) is 5.56 Å². The molecule has 5 heteroatoms. The van der Waals surface area contributed by atoms with Crippen LogP contribution < -0.4 is 5.73 Å². The summed E-state index contributed by atoms with van der Waals surface area (Å²) in [6.45, 7) is 0. The Bertz CT molecular complexity index is 521. The number of hydrogen-bond donors (Lipinski definition) is 2. The summed E-state index contributed by atoms with van der Waals surface area (Å²) in [5, 5.41) is 11.8. The number of anilines is 1. The monoisotopic (exact) mass is 271 g/mol. The molecule has 1 aromatic heterocycles. The minimum absolute atomic E-state index is 0.185. The van der Waals surface area contributed by atoms with E-state index in [1.807, 2.05) is 17.5 Å². The van der Waals surface area contributed by atoms with Gasteiger partial charge in [0.2, 0.25) is 0 Å². The Kier molecular flexibility index (Phi) is 2.20. The third kappa shape index (κ3) is 1.29. The van der Waals surface area contributed by atoms with Crippen LogP contribution in [0.3, 0.4) is 0 Å². The summed E-state index contributed by atoms with van der Waals surface area (Å²) in [4.78, 5) is 11.0. The summed E-state index contributed by atoms with van der Waals surface area (Å²) in [6.07, 6.45) is 0. The predicted octanol–water partition coefficient (Wildman–Crippen LogP) is 2.94. The Morgan fingerprint density at radius 3 is 2.93 bits per heavy atom. The van der Waals surface area contributed by atoms with Crippen molar-refractivity contribution in [2.75, 3.05) is 5.73 Å². The average molecular weight is 272 g/mol. The number of benzene rings is 1. The molecule has 3 N–H and O–H groups in total. The van der Waals surface area contributed by atoms with Gasteiger partial charge in [-0.2, -0.15) is 0 Å². The highest BCUT2D eigenvalue weighted by molar-refractivity contribution is 9.10. The summed E-state index contributed by atoms with van der Waals surface area (Å²) in [5.74, 6) is -0.990. The third-order valence-electron chi connectivity index (χ3n) is 1.95. The summed E-state index contributed by atoms with van der Waals surface area (Å²) >= 11 is 4.62. The molecule has 72 valence electrons. The van der Waals surface area contributed by atoms with E-state index >= 15 is 0 Å². The van der Waals surface area contributed by atoms with E-state index in [0.29, 0.717) is 4.47 Å². The molecule has 0 atom stereocenters. The number of thiophene rings is 1. The quantitative estimate of drug-likeness (QED) is 0.784. The van der Waals surface area contributed by atoms with E-state index in [-0.39, 0.29) is 11.3 Å². The fourth-order valence-corrected chi connectivity index (χ4v) is 2.68. The van der Waals surface area contributed by atoms with Crippen LogP contribution in [0.1, 0.15) is 10.4 Å². The minimum atomic E-state index is -0.990. The highest BCUT2D eigenvalue weighted by atomic mass is 79.9. The van der Waals surface area contributed by atoms with Crippen LogP contribution in [0.15, 0.2) is 22.0 Å². The van der Waals surface area contributed by atoms with Gasteiger partial charge in [-0.15, -0.1) is 11.3 Å². The van der Waals surface area contributed by atoms with Gasteiger partial charge in [0.15, 0.2) is 0 Å². The van der Waals surface area contributed by atoms with Gasteiger partial charge in [-0.3, -0.25) is 0 Å². The van der Waals surface area contributed by atoms with Crippen molar-refractivity contribution in [3.05, 3.63) is 27.5 Å². The van der Waals surface area contributed by atoms with E-state index in [1.165, 1.54) is 11.3 Å². The van der Waals surface area contributed by atoms with Crippen LogP contribution in [0.2, 0.25) is 0 Å². The summed E-state index contributed by atoms with van der Waals surface area (Å²) in [7, 11) is 0. The lowest BCUT2D eigenvalue weighted by Crippen LogP contribution is -2.03. The number of aromatic carboxylic acids is 1. The van der Waals surface area contributed by atoms with Gasteiger partial charge < -0.3 is 10.8 Å². The molecule has 1 heterocycles. The van der Waals surface area contributed by atoms with Gasteiger partial charge in [-0.25, -0.2) is 4.79 Å². The zero-order chi connectivity index (χ0) is 10.3. The molecule has 0 radical (unpaired) electrons. The van der Waals surface area contributed by atoms with Crippen molar-refractivity contribution in [1.29, 1.82) is 0 Å². The van der Waals surface area contributed by atoms with Crippen LogP contribution in [0.4, 0.5) is 5.69 Å². The molecule has 0 amide bonds. The fourth-order valence-electron chi connectivity index (χ4n) is 1.30. The highest BCUT2D eigenvalue weighted by Gasteiger charge is 2.16. The van der Waals surface area contributed by atoms with Crippen LogP contribution in [0.25, 0.3) is 10.1 Å². The zero-order valence-corrected chi connectivity index (χ0v) is 9.35. The first-order valence-electron chi connectivity index (χ1n) is 3.79. The average Bonchev–Trinajstić information content (AvgIpc) is 2.52. The molecule has 2 aromatic rings. The van der Waals surface area contributed by atoms with Crippen molar-refractivity contribution >= 4 is 49.0 Å². The molecule has 0 unspecified atom stereocenters. The number of carboxylic acid groups (broad SMARTS) is 1. The van der Waals surface area contributed by atoms with Gasteiger partial charge in [-0.05, 0) is 38.8 Å². The maximum Gasteiger partial charge on any atom is 0.339 e. The smallest absolute Gasteiger partial charge is 0.339 e. The number of halogens is 1. The number of nitrogen functional groups attached to an aromatic ring is 1. The molecule has 0 spiro atoms. The largest absolute Gasteiger partial charge is 0.478 e. The first-order chi connectivity index (χ1) is 6.61. The molecule has 0 aliphatic rings. The van der Waals surface area contributed by atoms with E-state index in [1.54, 1.807) is 0 Å². The number of hydrogen-bond acceptors (Lipinski definition) is 3. The maximum absolute atomic E-state index is 11.0. The topological polar surface area (TPSA) is 63.3 Å². The highest BCUT2D eigenvalue weighted by Crippen LogP contribution is 2.34. The van der Waals surface area contributed by atoms with Gasteiger partial charge in [0.25, 0.3) is 0 Å². The molecular weight excluding hydrogens is 266 g/mol. The van der Waals surface area contributed by atoms with Gasteiger partial charge in [0, 0.05) is 4.47 Å². The maximum atomic E-state index is 11.0. The lowest BCUT2D eigenvalue weighted by Gasteiger charge is -2.04. The molecule has 3 nitrogen and oxygen atoms in total. The second-order valence-corrected chi connectivity index (χ2v) is 4.56. The molecule has 1 aromatic carbocycles. The predicted molar refractivity (Wildman–Crippen MR) is 60.9 cm³/mol. The Hall–Kier alpha value is -1.07. The summed E-state index contributed by atoms with van der Waals surface area (Å²) in [6, 6.07) is 3.70. The molecule has 0 saturated carbocycles. The summed E-state index contributed by atoms with van der Waals surface area (Å²) < 4.78 is 1.35. The van der Waals surface area contributed by atoms with Crippen molar-refractivity contribution in [3.8, 4) is 0 Å². The molecule has 0 aliphatic heterocycles. The van der Waals surface area contributed by atoms with Gasteiger partial charge >= 0.3 is 5.97 Å². The van der Waals surface area contributed by atoms with E-state index in [9.17, 15) is 4.79 Å². The first kappa shape index (κ1) is 9.48. The number of carboxylic acids is 1. The Morgan fingerprint density at radius 2 is 2.29 bits per heavy atom. The first-order valence-corrected chi connectivity index (χ1v) is 5.47. The van der Waals surface area contributed by atoms with Gasteiger partial charge in [0.05, 0.1) is 10.4 Å². The molecule has 0 bridgehead atoms. The van der Waals surface area contributed by atoms with Crippen LogP contribution in [0.5, 0.6) is 0 Å². The second-order valence-electron chi connectivity index (χ2n) is 2.79. The van der Waals surface area contributed by atoms with Gasteiger partial charge in [-0.1, -0.05) is 0 Å². The Morgan fingerprint density at radius 1 is 1.57 bits per heavy atom. The van der Waals surface area contributed by atoms with E-state index in [4.69, 9.17) is 10.8 Å². The Balaban J connectivity index is 2.93. The number of fused-ring (bicyclic) bond motifs is 1. The Labute approximate surface area is 92.3 Å².